The van der Waals surface area contributed by atoms with Crippen molar-refractivity contribution < 1.29 is 9.53 Å². The van der Waals surface area contributed by atoms with Crippen LogP contribution in [0.3, 0.4) is 0 Å². The van der Waals surface area contributed by atoms with E-state index in [0.717, 1.165) is 29.1 Å². The Morgan fingerprint density at radius 3 is 2.81 bits per heavy atom. The molecule has 0 aliphatic carbocycles. The van der Waals surface area contributed by atoms with Gasteiger partial charge in [-0.15, -0.1) is 0 Å². The number of aromatic nitrogens is 2. The molecule has 1 heterocycles. The first-order valence-electron chi connectivity index (χ1n) is 6.99. The molecule has 0 saturated heterocycles. The Kier molecular flexibility index (Phi) is 4.98. The summed E-state index contributed by atoms with van der Waals surface area (Å²) in [6, 6.07) is 9.82. The van der Waals surface area contributed by atoms with Crippen LogP contribution in [0.4, 0.5) is 0 Å². The average molecular weight is 287 g/mol. The molecule has 0 fully saturated rings. The normalized spacial score (nSPS) is 10.4. The molecule has 1 amide bonds. The molecular formula is C16H21N3O2. The van der Waals surface area contributed by atoms with Crippen molar-refractivity contribution in [1.82, 2.24) is 15.1 Å². The Morgan fingerprint density at radius 2 is 2.14 bits per heavy atom. The van der Waals surface area contributed by atoms with Crippen molar-refractivity contribution in [3.8, 4) is 5.75 Å². The monoisotopic (exact) mass is 287 g/mol. The van der Waals surface area contributed by atoms with Crippen LogP contribution >= 0.6 is 0 Å². The molecule has 1 aromatic carbocycles. The second-order valence-electron chi connectivity index (χ2n) is 5.04. The fraction of sp³-hybridized carbons (Fsp3) is 0.375. The summed E-state index contributed by atoms with van der Waals surface area (Å²) in [6.45, 7) is 4.73. The molecule has 2 rings (SSSR count). The molecule has 0 spiro atoms. The predicted octanol–water partition coefficient (Wildman–Crippen LogP) is 1.87. The number of carbonyl (C=O) groups excluding carboxylic acids is 1. The van der Waals surface area contributed by atoms with Crippen LogP contribution in [0.5, 0.6) is 5.75 Å². The van der Waals surface area contributed by atoms with Crippen LogP contribution in [0, 0.1) is 13.8 Å². The van der Waals surface area contributed by atoms with E-state index in [4.69, 9.17) is 4.74 Å². The van der Waals surface area contributed by atoms with E-state index < -0.39 is 0 Å². The van der Waals surface area contributed by atoms with Gasteiger partial charge in [-0.3, -0.25) is 9.48 Å². The van der Waals surface area contributed by atoms with Gasteiger partial charge < -0.3 is 10.1 Å². The first-order valence-corrected chi connectivity index (χ1v) is 6.99. The van der Waals surface area contributed by atoms with Crippen molar-refractivity contribution in [2.24, 2.45) is 0 Å². The number of carbonyl (C=O) groups is 1. The summed E-state index contributed by atoms with van der Waals surface area (Å²) in [5.41, 5.74) is 3.06. The van der Waals surface area contributed by atoms with Crippen LogP contribution < -0.4 is 10.1 Å². The molecule has 112 valence electrons. The van der Waals surface area contributed by atoms with Crippen molar-refractivity contribution in [2.45, 2.75) is 26.8 Å². The van der Waals surface area contributed by atoms with Crippen LogP contribution in [0.2, 0.25) is 0 Å². The van der Waals surface area contributed by atoms with Crippen LogP contribution in [0.25, 0.3) is 0 Å². The zero-order chi connectivity index (χ0) is 15.2. The molecular weight excluding hydrogens is 266 g/mol. The molecule has 0 bridgehead atoms. The number of methoxy groups -OCH3 is 1. The first-order chi connectivity index (χ1) is 10.1. The van der Waals surface area contributed by atoms with Crippen molar-refractivity contribution in [3.63, 3.8) is 0 Å². The standard InChI is InChI=1S/C16H21N3O2/c1-12-9-13(2)19(18-12)11-16(20)17-8-7-14-5-4-6-15(10-14)21-3/h4-6,9-10H,7-8,11H2,1-3H3,(H,17,20). The lowest BCUT2D eigenvalue weighted by Gasteiger charge is -2.08. The molecule has 0 saturated carbocycles. The SMILES string of the molecule is COc1cccc(CCNC(=O)Cn2nc(C)cc2C)c1. The summed E-state index contributed by atoms with van der Waals surface area (Å²) in [4.78, 5) is 11.9. The highest BCUT2D eigenvalue weighted by atomic mass is 16.5. The molecule has 5 nitrogen and oxygen atoms in total. The molecule has 21 heavy (non-hydrogen) atoms. The molecule has 5 heteroatoms. The van der Waals surface area contributed by atoms with Gasteiger partial charge in [0.1, 0.15) is 12.3 Å². The number of hydrogen-bond donors (Lipinski definition) is 1. The van der Waals surface area contributed by atoms with E-state index in [1.165, 1.54) is 0 Å². The summed E-state index contributed by atoms with van der Waals surface area (Å²) in [5, 5.41) is 7.19. The van der Waals surface area contributed by atoms with Gasteiger partial charge in [-0.05, 0) is 44.0 Å². The molecule has 0 atom stereocenters. The summed E-state index contributed by atoms with van der Waals surface area (Å²) in [5.74, 6) is 0.811. The third kappa shape index (κ3) is 4.34. The van der Waals surface area contributed by atoms with Gasteiger partial charge in [0.15, 0.2) is 0 Å². The third-order valence-corrected chi connectivity index (χ3v) is 3.27. The van der Waals surface area contributed by atoms with E-state index >= 15 is 0 Å². The van der Waals surface area contributed by atoms with Gasteiger partial charge in [-0.2, -0.15) is 5.10 Å². The lowest BCUT2D eigenvalue weighted by Crippen LogP contribution is -2.30. The lowest BCUT2D eigenvalue weighted by molar-refractivity contribution is -0.121. The zero-order valence-corrected chi connectivity index (χ0v) is 12.7. The second-order valence-corrected chi connectivity index (χ2v) is 5.04. The van der Waals surface area contributed by atoms with Crippen molar-refractivity contribution >= 4 is 5.91 Å². The van der Waals surface area contributed by atoms with Crippen LogP contribution in [-0.2, 0) is 17.8 Å². The maximum atomic E-state index is 11.9. The largest absolute Gasteiger partial charge is 0.497 e. The van der Waals surface area contributed by atoms with E-state index in [1.54, 1.807) is 11.8 Å². The minimum atomic E-state index is -0.0240. The molecule has 0 aliphatic rings. The van der Waals surface area contributed by atoms with Crippen molar-refractivity contribution in [2.75, 3.05) is 13.7 Å². The number of nitrogens with zero attached hydrogens (tertiary/aromatic N) is 2. The Bertz CT molecular complexity index is 620. The fourth-order valence-corrected chi connectivity index (χ4v) is 2.20. The first kappa shape index (κ1) is 15.1. The van der Waals surface area contributed by atoms with E-state index in [0.29, 0.717) is 6.54 Å². The van der Waals surface area contributed by atoms with Gasteiger partial charge in [0.25, 0.3) is 0 Å². The Morgan fingerprint density at radius 1 is 1.33 bits per heavy atom. The summed E-state index contributed by atoms with van der Waals surface area (Å²) >= 11 is 0. The molecule has 0 unspecified atom stereocenters. The molecule has 1 N–H and O–H groups in total. The molecule has 1 aromatic heterocycles. The predicted molar refractivity (Wildman–Crippen MR) is 81.4 cm³/mol. The van der Waals surface area contributed by atoms with E-state index in [1.807, 2.05) is 44.2 Å². The lowest BCUT2D eigenvalue weighted by atomic mass is 10.1. The quantitative estimate of drug-likeness (QED) is 0.882. The van der Waals surface area contributed by atoms with Gasteiger partial charge in [0.05, 0.1) is 12.8 Å². The Hall–Kier alpha value is -2.30. The van der Waals surface area contributed by atoms with E-state index in [-0.39, 0.29) is 12.5 Å². The molecule has 0 radical (unpaired) electrons. The summed E-state index contributed by atoms with van der Waals surface area (Å²) in [6.07, 6.45) is 0.778. The topological polar surface area (TPSA) is 56.1 Å². The number of benzene rings is 1. The Balaban J connectivity index is 1.80. The van der Waals surface area contributed by atoms with Gasteiger partial charge in [0, 0.05) is 12.2 Å². The highest BCUT2D eigenvalue weighted by Crippen LogP contribution is 2.12. The maximum absolute atomic E-state index is 11.9. The highest BCUT2D eigenvalue weighted by Gasteiger charge is 2.06. The van der Waals surface area contributed by atoms with Crippen LogP contribution in [-0.4, -0.2) is 29.3 Å². The van der Waals surface area contributed by atoms with Crippen molar-refractivity contribution in [3.05, 3.63) is 47.3 Å². The van der Waals surface area contributed by atoms with Gasteiger partial charge in [0.2, 0.25) is 5.91 Å². The van der Waals surface area contributed by atoms with Gasteiger partial charge in [-0.1, -0.05) is 12.1 Å². The van der Waals surface area contributed by atoms with Gasteiger partial charge >= 0.3 is 0 Å². The smallest absolute Gasteiger partial charge is 0.241 e. The number of aryl methyl sites for hydroxylation is 2. The minimum Gasteiger partial charge on any atom is -0.497 e. The fourth-order valence-electron chi connectivity index (χ4n) is 2.20. The average Bonchev–Trinajstić information content (AvgIpc) is 2.77. The Labute approximate surface area is 124 Å². The molecule has 2 aromatic rings. The number of ether oxygens (including phenoxy) is 1. The highest BCUT2D eigenvalue weighted by molar-refractivity contribution is 5.75. The number of nitrogens with one attached hydrogen (secondary N) is 1. The number of rotatable bonds is 6. The van der Waals surface area contributed by atoms with E-state index in [9.17, 15) is 4.79 Å². The van der Waals surface area contributed by atoms with E-state index in [2.05, 4.69) is 10.4 Å². The summed E-state index contributed by atoms with van der Waals surface area (Å²) in [7, 11) is 1.65. The second kappa shape index (κ2) is 6.92. The van der Waals surface area contributed by atoms with Crippen LogP contribution in [0.1, 0.15) is 17.0 Å². The third-order valence-electron chi connectivity index (χ3n) is 3.27. The van der Waals surface area contributed by atoms with Crippen molar-refractivity contribution in [1.29, 1.82) is 0 Å². The summed E-state index contributed by atoms with van der Waals surface area (Å²) < 4.78 is 6.90. The molecule has 0 aliphatic heterocycles. The minimum absolute atomic E-state index is 0.0240. The number of amides is 1. The zero-order valence-electron chi connectivity index (χ0n) is 12.7. The van der Waals surface area contributed by atoms with Crippen LogP contribution in [0.15, 0.2) is 30.3 Å². The number of hydrogen-bond acceptors (Lipinski definition) is 3. The van der Waals surface area contributed by atoms with Gasteiger partial charge in [-0.25, -0.2) is 0 Å². The maximum Gasteiger partial charge on any atom is 0.241 e.